The van der Waals surface area contributed by atoms with Crippen molar-refractivity contribution in [2.24, 2.45) is 11.7 Å². The van der Waals surface area contributed by atoms with E-state index in [1.165, 1.54) is 4.90 Å². The minimum absolute atomic E-state index is 0.00116. The molecule has 1 aliphatic heterocycles. The lowest BCUT2D eigenvalue weighted by Gasteiger charge is -2.34. The third-order valence-electron chi connectivity index (χ3n) is 3.17. The van der Waals surface area contributed by atoms with Crippen molar-refractivity contribution in [2.75, 3.05) is 26.8 Å². The van der Waals surface area contributed by atoms with E-state index < -0.39 is 0 Å². The molecule has 2 amide bonds. The van der Waals surface area contributed by atoms with Gasteiger partial charge in [0.2, 0.25) is 11.8 Å². The van der Waals surface area contributed by atoms with Crippen LogP contribution in [0.3, 0.4) is 0 Å². The van der Waals surface area contributed by atoms with Crippen LogP contribution in [0.5, 0.6) is 0 Å². The number of methoxy groups -OCH3 is 1. The van der Waals surface area contributed by atoms with Crippen molar-refractivity contribution < 1.29 is 14.3 Å². The van der Waals surface area contributed by atoms with Gasteiger partial charge in [0.25, 0.3) is 0 Å². The molecule has 1 aliphatic rings. The molecule has 3 N–H and O–H groups in total. The first kappa shape index (κ1) is 14.9. The Kier molecular flexibility index (Phi) is 5.55. The standard InChI is InChI=1S/C12H23N3O3/c1-8-4-12(17)15(5-10(8)13)6-11(16)14-9(2)7-18-3/h8-10H,4-7,13H2,1-3H3,(H,14,16). The maximum Gasteiger partial charge on any atom is 0.239 e. The summed E-state index contributed by atoms with van der Waals surface area (Å²) in [6.07, 6.45) is 0.419. The zero-order valence-electron chi connectivity index (χ0n) is 11.3. The molecule has 0 aliphatic carbocycles. The number of amides is 2. The summed E-state index contributed by atoms with van der Waals surface area (Å²) in [4.78, 5) is 25.0. The zero-order valence-corrected chi connectivity index (χ0v) is 11.3. The lowest BCUT2D eigenvalue weighted by Crippen LogP contribution is -2.53. The Morgan fingerprint density at radius 3 is 2.94 bits per heavy atom. The largest absolute Gasteiger partial charge is 0.383 e. The van der Waals surface area contributed by atoms with Gasteiger partial charge in [0, 0.05) is 32.2 Å². The Balaban J connectivity index is 2.42. The average Bonchev–Trinajstić information content (AvgIpc) is 2.26. The molecule has 1 fully saturated rings. The summed E-state index contributed by atoms with van der Waals surface area (Å²) in [6.45, 7) is 4.80. The first-order valence-corrected chi connectivity index (χ1v) is 6.25. The van der Waals surface area contributed by atoms with E-state index >= 15 is 0 Å². The number of likely N-dealkylation sites (tertiary alicyclic amines) is 1. The summed E-state index contributed by atoms with van der Waals surface area (Å²) < 4.78 is 4.93. The second kappa shape index (κ2) is 6.70. The van der Waals surface area contributed by atoms with Crippen LogP contribution in [0.15, 0.2) is 0 Å². The van der Waals surface area contributed by atoms with E-state index in [4.69, 9.17) is 10.5 Å². The number of nitrogens with one attached hydrogen (secondary N) is 1. The Bertz CT molecular complexity index is 309. The number of piperidine rings is 1. The molecule has 0 spiro atoms. The van der Waals surface area contributed by atoms with E-state index in [-0.39, 0.29) is 36.4 Å². The van der Waals surface area contributed by atoms with Gasteiger partial charge in [-0.25, -0.2) is 0 Å². The Hall–Kier alpha value is -1.14. The highest BCUT2D eigenvalue weighted by Gasteiger charge is 2.30. The normalized spacial score (nSPS) is 26.0. The van der Waals surface area contributed by atoms with Crippen LogP contribution in [0, 0.1) is 5.92 Å². The average molecular weight is 257 g/mol. The Labute approximate surface area is 108 Å². The molecule has 0 aromatic rings. The van der Waals surface area contributed by atoms with Gasteiger partial charge < -0.3 is 20.7 Å². The van der Waals surface area contributed by atoms with Crippen molar-refractivity contribution in [1.29, 1.82) is 0 Å². The molecule has 0 aromatic carbocycles. The van der Waals surface area contributed by atoms with Crippen LogP contribution in [0.4, 0.5) is 0 Å². The van der Waals surface area contributed by atoms with Crippen LogP contribution in [0.25, 0.3) is 0 Å². The van der Waals surface area contributed by atoms with Gasteiger partial charge in [-0.15, -0.1) is 0 Å². The molecule has 0 bridgehead atoms. The van der Waals surface area contributed by atoms with E-state index in [1.807, 2.05) is 13.8 Å². The van der Waals surface area contributed by atoms with Gasteiger partial charge in [-0.1, -0.05) is 6.92 Å². The lowest BCUT2D eigenvalue weighted by molar-refractivity contribution is -0.139. The number of nitrogens with zero attached hydrogens (tertiary/aromatic N) is 1. The molecule has 1 rings (SSSR count). The zero-order chi connectivity index (χ0) is 13.7. The van der Waals surface area contributed by atoms with E-state index in [1.54, 1.807) is 7.11 Å². The lowest BCUT2D eigenvalue weighted by atomic mass is 9.94. The molecule has 0 radical (unpaired) electrons. The number of carbonyl (C=O) groups excluding carboxylic acids is 2. The van der Waals surface area contributed by atoms with Gasteiger partial charge >= 0.3 is 0 Å². The predicted octanol–water partition coefficient (Wildman–Crippen LogP) is -0.667. The van der Waals surface area contributed by atoms with Crippen LogP contribution in [-0.2, 0) is 14.3 Å². The number of hydrogen-bond donors (Lipinski definition) is 2. The van der Waals surface area contributed by atoms with Crippen LogP contribution in [0.1, 0.15) is 20.3 Å². The molecule has 3 atom stereocenters. The second-order valence-corrected chi connectivity index (χ2v) is 5.04. The maximum atomic E-state index is 11.8. The minimum Gasteiger partial charge on any atom is -0.383 e. The first-order chi connectivity index (χ1) is 8.43. The molecular formula is C12H23N3O3. The van der Waals surface area contributed by atoms with Gasteiger partial charge in [-0.05, 0) is 12.8 Å². The van der Waals surface area contributed by atoms with Crippen LogP contribution in [-0.4, -0.2) is 55.6 Å². The molecule has 6 heteroatoms. The third-order valence-corrected chi connectivity index (χ3v) is 3.17. The highest BCUT2D eigenvalue weighted by atomic mass is 16.5. The summed E-state index contributed by atoms with van der Waals surface area (Å²) in [5.74, 6) is 0.0117. The summed E-state index contributed by atoms with van der Waals surface area (Å²) in [5, 5.41) is 2.78. The molecule has 3 unspecified atom stereocenters. The van der Waals surface area contributed by atoms with Crippen molar-refractivity contribution in [3.63, 3.8) is 0 Å². The molecule has 104 valence electrons. The van der Waals surface area contributed by atoms with Crippen molar-refractivity contribution in [1.82, 2.24) is 10.2 Å². The molecule has 0 saturated carbocycles. The summed E-state index contributed by atoms with van der Waals surface area (Å²) >= 11 is 0. The molecule has 1 saturated heterocycles. The number of nitrogens with two attached hydrogens (primary N) is 1. The molecule has 1 heterocycles. The topological polar surface area (TPSA) is 84.7 Å². The quantitative estimate of drug-likeness (QED) is 0.684. The number of hydrogen-bond acceptors (Lipinski definition) is 4. The molecule has 6 nitrogen and oxygen atoms in total. The van der Waals surface area contributed by atoms with E-state index in [0.717, 1.165) is 0 Å². The third kappa shape index (κ3) is 4.27. The van der Waals surface area contributed by atoms with E-state index in [9.17, 15) is 9.59 Å². The number of ether oxygens (including phenoxy) is 1. The monoisotopic (exact) mass is 257 g/mol. The molecular weight excluding hydrogens is 234 g/mol. The number of carbonyl (C=O) groups is 2. The van der Waals surface area contributed by atoms with Gasteiger partial charge in [0.1, 0.15) is 0 Å². The van der Waals surface area contributed by atoms with Crippen molar-refractivity contribution in [3.05, 3.63) is 0 Å². The molecule has 18 heavy (non-hydrogen) atoms. The van der Waals surface area contributed by atoms with Crippen molar-refractivity contribution in [2.45, 2.75) is 32.4 Å². The van der Waals surface area contributed by atoms with Gasteiger partial charge in [0.15, 0.2) is 0 Å². The predicted molar refractivity (Wildman–Crippen MR) is 67.8 cm³/mol. The first-order valence-electron chi connectivity index (χ1n) is 6.25. The van der Waals surface area contributed by atoms with Crippen molar-refractivity contribution in [3.8, 4) is 0 Å². The maximum absolute atomic E-state index is 11.8. The smallest absolute Gasteiger partial charge is 0.239 e. The molecule has 0 aromatic heterocycles. The SMILES string of the molecule is COCC(C)NC(=O)CN1CC(N)C(C)CC1=O. The highest BCUT2D eigenvalue weighted by molar-refractivity contribution is 5.85. The summed E-state index contributed by atoms with van der Waals surface area (Å²) in [5.41, 5.74) is 5.91. The fraction of sp³-hybridized carbons (Fsp3) is 0.833. The van der Waals surface area contributed by atoms with Crippen LogP contribution < -0.4 is 11.1 Å². The van der Waals surface area contributed by atoms with Crippen molar-refractivity contribution >= 4 is 11.8 Å². The fourth-order valence-electron chi connectivity index (χ4n) is 2.03. The van der Waals surface area contributed by atoms with Gasteiger partial charge in [-0.2, -0.15) is 0 Å². The van der Waals surface area contributed by atoms with E-state index in [0.29, 0.717) is 19.6 Å². The Morgan fingerprint density at radius 1 is 1.67 bits per heavy atom. The summed E-state index contributed by atoms with van der Waals surface area (Å²) in [7, 11) is 1.58. The van der Waals surface area contributed by atoms with Gasteiger partial charge in [-0.3, -0.25) is 9.59 Å². The van der Waals surface area contributed by atoms with E-state index in [2.05, 4.69) is 5.32 Å². The van der Waals surface area contributed by atoms with Crippen LogP contribution >= 0.6 is 0 Å². The second-order valence-electron chi connectivity index (χ2n) is 5.04. The van der Waals surface area contributed by atoms with Crippen LogP contribution in [0.2, 0.25) is 0 Å². The number of rotatable bonds is 5. The summed E-state index contributed by atoms with van der Waals surface area (Å²) in [6, 6.07) is -0.109. The van der Waals surface area contributed by atoms with Gasteiger partial charge in [0.05, 0.1) is 13.2 Å². The highest BCUT2D eigenvalue weighted by Crippen LogP contribution is 2.16. The Morgan fingerprint density at radius 2 is 2.33 bits per heavy atom. The fourth-order valence-corrected chi connectivity index (χ4v) is 2.03. The minimum atomic E-state index is -0.172.